The van der Waals surface area contributed by atoms with Crippen LogP contribution in [0.15, 0.2) is 18.2 Å². The summed E-state index contributed by atoms with van der Waals surface area (Å²) in [6.45, 7) is 3.65. The summed E-state index contributed by atoms with van der Waals surface area (Å²) in [5.41, 5.74) is 0.362. The Bertz CT molecular complexity index is 487. The lowest BCUT2D eigenvalue weighted by atomic mass is 9.95. The Morgan fingerprint density at radius 2 is 2.10 bits per heavy atom. The van der Waals surface area contributed by atoms with E-state index in [1.807, 2.05) is 6.92 Å². The summed E-state index contributed by atoms with van der Waals surface area (Å²) in [4.78, 5) is 12.3. The molecule has 0 spiro atoms. The van der Waals surface area contributed by atoms with E-state index in [1.165, 1.54) is 12.1 Å². The van der Waals surface area contributed by atoms with E-state index in [9.17, 15) is 13.6 Å². The van der Waals surface area contributed by atoms with Crippen LogP contribution in [-0.2, 0) is 4.79 Å². The van der Waals surface area contributed by atoms with Gasteiger partial charge in [-0.1, -0.05) is 19.4 Å². The summed E-state index contributed by atoms with van der Waals surface area (Å²) < 4.78 is 26.9. The molecule has 1 aromatic carbocycles. The van der Waals surface area contributed by atoms with Gasteiger partial charge >= 0.3 is 0 Å². The fourth-order valence-corrected chi connectivity index (χ4v) is 2.75. The summed E-state index contributed by atoms with van der Waals surface area (Å²) in [5.74, 6) is -1.25. The maximum atomic E-state index is 13.9. The third-order valence-corrected chi connectivity index (χ3v) is 3.94. The van der Waals surface area contributed by atoms with Crippen molar-refractivity contribution in [3.8, 4) is 0 Å². The van der Waals surface area contributed by atoms with Gasteiger partial charge < -0.3 is 10.6 Å². The van der Waals surface area contributed by atoms with E-state index in [-0.39, 0.29) is 11.8 Å². The SMILES string of the molecule is CCCC(NC(=O)C1CCNCC1)c1ccc(F)cc1F. The predicted molar refractivity (Wildman–Crippen MR) is 77.7 cm³/mol. The minimum absolute atomic E-state index is 0.0193. The van der Waals surface area contributed by atoms with Gasteiger partial charge in [-0.3, -0.25) is 4.79 Å². The summed E-state index contributed by atoms with van der Waals surface area (Å²) in [6, 6.07) is 3.14. The second-order valence-corrected chi connectivity index (χ2v) is 5.54. The molecule has 1 saturated heterocycles. The van der Waals surface area contributed by atoms with Crippen molar-refractivity contribution in [3.05, 3.63) is 35.4 Å². The van der Waals surface area contributed by atoms with E-state index < -0.39 is 17.7 Å². The summed E-state index contributed by atoms with van der Waals surface area (Å²) in [5, 5.41) is 6.15. The van der Waals surface area contributed by atoms with Crippen molar-refractivity contribution in [2.24, 2.45) is 5.92 Å². The van der Waals surface area contributed by atoms with Crippen molar-refractivity contribution in [1.82, 2.24) is 10.6 Å². The van der Waals surface area contributed by atoms with Crippen LogP contribution < -0.4 is 10.6 Å². The molecule has 1 heterocycles. The fourth-order valence-electron chi connectivity index (χ4n) is 2.75. The van der Waals surface area contributed by atoms with Crippen LogP contribution in [0.4, 0.5) is 8.78 Å². The van der Waals surface area contributed by atoms with Gasteiger partial charge in [-0.25, -0.2) is 8.78 Å². The molecule has 21 heavy (non-hydrogen) atoms. The highest BCUT2D eigenvalue weighted by Crippen LogP contribution is 2.24. The molecule has 3 nitrogen and oxygen atoms in total. The number of nitrogens with one attached hydrogen (secondary N) is 2. The van der Waals surface area contributed by atoms with Gasteiger partial charge in [0, 0.05) is 17.5 Å². The maximum absolute atomic E-state index is 13.9. The minimum Gasteiger partial charge on any atom is -0.349 e. The molecule has 1 aromatic rings. The highest BCUT2D eigenvalue weighted by molar-refractivity contribution is 5.79. The van der Waals surface area contributed by atoms with Gasteiger partial charge in [0.15, 0.2) is 0 Å². The second-order valence-electron chi connectivity index (χ2n) is 5.54. The van der Waals surface area contributed by atoms with Crippen molar-refractivity contribution in [1.29, 1.82) is 0 Å². The number of hydrogen-bond acceptors (Lipinski definition) is 2. The number of halogens is 2. The van der Waals surface area contributed by atoms with E-state index >= 15 is 0 Å². The molecule has 0 aromatic heterocycles. The number of piperidine rings is 1. The zero-order chi connectivity index (χ0) is 15.2. The Morgan fingerprint density at radius 3 is 2.71 bits per heavy atom. The Morgan fingerprint density at radius 1 is 1.38 bits per heavy atom. The molecule has 2 N–H and O–H groups in total. The molecule has 0 saturated carbocycles. The van der Waals surface area contributed by atoms with E-state index in [1.54, 1.807) is 0 Å². The molecule has 1 aliphatic heterocycles. The van der Waals surface area contributed by atoms with Crippen LogP contribution in [0, 0.1) is 17.6 Å². The van der Waals surface area contributed by atoms with Gasteiger partial charge in [0.05, 0.1) is 6.04 Å². The van der Waals surface area contributed by atoms with Crippen molar-refractivity contribution in [3.63, 3.8) is 0 Å². The Balaban J connectivity index is 2.09. The average Bonchev–Trinajstić information content (AvgIpc) is 2.48. The first-order valence-electron chi connectivity index (χ1n) is 7.58. The van der Waals surface area contributed by atoms with Crippen LogP contribution in [0.1, 0.15) is 44.2 Å². The van der Waals surface area contributed by atoms with Crippen LogP contribution >= 0.6 is 0 Å². The van der Waals surface area contributed by atoms with Gasteiger partial charge in [-0.05, 0) is 38.4 Å². The molecule has 1 atom stereocenters. The summed E-state index contributed by atoms with van der Waals surface area (Å²) >= 11 is 0. The molecule has 2 rings (SSSR count). The number of carbonyl (C=O) groups excluding carboxylic acids is 1. The topological polar surface area (TPSA) is 41.1 Å². The van der Waals surface area contributed by atoms with Crippen LogP contribution in [-0.4, -0.2) is 19.0 Å². The van der Waals surface area contributed by atoms with Crippen LogP contribution in [0.5, 0.6) is 0 Å². The van der Waals surface area contributed by atoms with Crippen molar-refractivity contribution in [2.45, 2.75) is 38.6 Å². The molecular formula is C16H22F2N2O. The lowest BCUT2D eigenvalue weighted by Gasteiger charge is -2.26. The zero-order valence-corrected chi connectivity index (χ0v) is 12.3. The van der Waals surface area contributed by atoms with Gasteiger partial charge in [-0.2, -0.15) is 0 Å². The van der Waals surface area contributed by atoms with E-state index in [4.69, 9.17) is 0 Å². The largest absolute Gasteiger partial charge is 0.349 e. The average molecular weight is 296 g/mol. The Labute approximate surface area is 124 Å². The molecule has 1 fully saturated rings. The molecule has 116 valence electrons. The van der Waals surface area contributed by atoms with Crippen molar-refractivity contribution >= 4 is 5.91 Å². The highest BCUT2D eigenvalue weighted by Gasteiger charge is 2.24. The molecule has 5 heteroatoms. The first-order chi connectivity index (χ1) is 10.1. The van der Waals surface area contributed by atoms with Crippen molar-refractivity contribution in [2.75, 3.05) is 13.1 Å². The normalized spacial score (nSPS) is 17.5. The molecule has 1 unspecified atom stereocenters. The van der Waals surface area contributed by atoms with Crippen LogP contribution in [0.3, 0.4) is 0 Å². The predicted octanol–water partition coefficient (Wildman–Crippen LogP) is 2.92. The van der Waals surface area contributed by atoms with E-state index in [0.29, 0.717) is 12.0 Å². The third-order valence-electron chi connectivity index (χ3n) is 3.94. The number of hydrogen-bond donors (Lipinski definition) is 2. The molecule has 0 aliphatic carbocycles. The number of carbonyl (C=O) groups is 1. The first kappa shape index (κ1) is 15.9. The molecule has 0 bridgehead atoms. The smallest absolute Gasteiger partial charge is 0.223 e. The molecular weight excluding hydrogens is 274 g/mol. The van der Waals surface area contributed by atoms with Gasteiger partial charge in [0.25, 0.3) is 0 Å². The molecule has 1 amide bonds. The lowest BCUT2D eigenvalue weighted by Crippen LogP contribution is -2.39. The quantitative estimate of drug-likeness (QED) is 0.877. The highest BCUT2D eigenvalue weighted by atomic mass is 19.1. The Hall–Kier alpha value is -1.49. The number of benzene rings is 1. The standard InChI is InChI=1S/C16H22F2N2O/c1-2-3-15(13-5-4-12(17)10-14(13)18)20-16(21)11-6-8-19-9-7-11/h4-5,10-11,15,19H,2-3,6-9H2,1H3,(H,20,21). The van der Waals surface area contributed by atoms with Gasteiger partial charge in [0.2, 0.25) is 5.91 Å². The minimum atomic E-state index is -0.601. The summed E-state index contributed by atoms with van der Waals surface area (Å²) in [6.07, 6.45) is 3.06. The third kappa shape index (κ3) is 4.24. The lowest BCUT2D eigenvalue weighted by molar-refractivity contribution is -0.126. The summed E-state index contributed by atoms with van der Waals surface area (Å²) in [7, 11) is 0. The monoisotopic (exact) mass is 296 g/mol. The van der Waals surface area contributed by atoms with Crippen molar-refractivity contribution < 1.29 is 13.6 Å². The molecule has 0 radical (unpaired) electrons. The molecule has 1 aliphatic rings. The maximum Gasteiger partial charge on any atom is 0.223 e. The van der Waals surface area contributed by atoms with E-state index in [2.05, 4.69) is 10.6 Å². The van der Waals surface area contributed by atoms with Gasteiger partial charge in [-0.15, -0.1) is 0 Å². The first-order valence-corrected chi connectivity index (χ1v) is 7.58. The number of amides is 1. The van der Waals surface area contributed by atoms with Crippen LogP contribution in [0.2, 0.25) is 0 Å². The second kappa shape index (κ2) is 7.50. The van der Waals surface area contributed by atoms with Gasteiger partial charge in [0.1, 0.15) is 11.6 Å². The number of rotatable bonds is 5. The van der Waals surface area contributed by atoms with Crippen LogP contribution in [0.25, 0.3) is 0 Å². The van der Waals surface area contributed by atoms with E-state index in [0.717, 1.165) is 38.4 Å². The Kier molecular flexibility index (Phi) is 5.67. The fraction of sp³-hybridized carbons (Fsp3) is 0.562. The zero-order valence-electron chi connectivity index (χ0n) is 12.3.